The van der Waals surface area contributed by atoms with Crippen LogP contribution in [0.2, 0.25) is 0 Å². The Bertz CT molecular complexity index is 959. The number of carbonyl (C=O) groups is 2. The zero-order chi connectivity index (χ0) is 17.4. The van der Waals surface area contributed by atoms with E-state index in [-0.39, 0.29) is 24.3 Å². The summed E-state index contributed by atoms with van der Waals surface area (Å²) in [5.41, 5.74) is 1.64. The lowest BCUT2D eigenvalue weighted by atomic mass is 10.3. The van der Waals surface area contributed by atoms with Crippen molar-refractivity contribution in [3.63, 3.8) is 0 Å². The van der Waals surface area contributed by atoms with Crippen LogP contribution < -0.4 is 10.6 Å². The number of rotatable bonds is 5. The minimum Gasteiger partial charge on any atom is -0.324 e. The molecule has 2 N–H and O–H groups in total. The van der Waals surface area contributed by atoms with Gasteiger partial charge in [-0.05, 0) is 38.0 Å². The monoisotopic (exact) mass is 356 g/mol. The molecule has 9 heteroatoms. The molecular weight excluding hydrogens is 340 g/mol. The smallest absolute Gasteiger partial charge is 0.246 e. The minimum atomic E-state index is -0.217. The van der Waals surface area contributed by atoms with Gasteiger partial charge >= 0.3 is 0 Å². The van der Waals surface area contributed by atoms with Crippen LogP contribution in [-0.2, 0) is 16.1 Å². The molecule has 1 fully saturated rings. The molecule has 2 amide bonds. The highest BCUT2D eigenvalue weighted by atomic mass is 32.1. The van der Waals surface area contributed by atoms with Crippen LogP contribution in [0.4, 0.5) is 11.5 Å². The molecule has 4 rings (SSSR count). The summed E-state index contributed by atoms with van der Waals surface area (Å²) in [6, 6.07) is 5.61. The summed E-state index contributed by atoms with van der Waals surface area (Å²) < 4.78 is 2.42. The molecule has 0 bridgehead atoms. The lowest BCUT2D eigenvalue weighted by Crippen LogP contribution is -2.19. The topological polar surface area (TPSA) is 102 Å². The Balaban J connectivity index is 1.37. The van der Waals surface area contributed by atoms with Gasteiger partial charge in [-0.1, -0.05) is 5.21 Å². The fourth-order valence-corrected chi connectivity index (χ4v) is 3.34. The van der Waals surface area contributed by atoms with Gasteiger partial charge in [-0.3, -0.25) is 9.59 Å². The molecule has 0 aliphatic heterocycles. The standard InChI is InChI=1S/C16H16N6O2S/c1-9-17-12-5-4-11(6-13(12)25-9)18-15(23)8-22-7-14(20-21-22)19-16(24)10-2-3-10/h4-7,10H,2-3,8H2,1H3,(H,18,23)(H,19,24). The summed E-state index contributed by atoms with van der Waals surface area (Å²) in [7, 11) is 0. The predicted molar refractivity (Wildman–Crippen MR) is 94.4 cm³/mol. The number of hydrogen-bond donors (Lipinski definition) is 2. The second kappa shape index (κ2) is 6.25. The number of aryl methyl sites for hydroxylation is 1. The van der Waals surface area contributed by atoms with Crippen LogP contribution in [0.3, 0.4) is 0 Å². The van der Waals surface area contributed by atoms with Crippen molar-refractivity contribution >= 4 is 44.9 Å². The van der Waals surface area contributed by atoms with Crippen molar-refractivity contribution in [3.05, 3.63) is 29.4 Å². The molecule has 1 aliphatic rings. The largest absolute Gasteiger partial charge is 0.324 e. The summed E-state index contributed by atoms with van der Waals surface area (Å²) in [6.07, 6.45) is 3.40. The fourth-order valence-electron chi connectivity index (χ4n) is 2.47. The van der Waals surface area contributed by atoms with E-state index < -0.39 is 0 Å². The van der Waals surface area contributed by atoms with E-state index in [1.165, 1.54) is 4.68 Å². The van der Waals surface area contributed by atoms with Crippen LogP contribution in [0.25, 0.3) is 10.2 Å². The summed E-state index contributed by atoms with van der Waals surface area (Å²) >= 11 is 1.58. The van der Waals surface area contributed by atoms with E-state index in [4.69, 9.17) is 0 Å². The summed E-state index contributed by atoms with van der Waals surface area (Å²) in [5.74, 6) is 0.209. The number of aromatic nitrogens is 4. The first-order chi connectivity index (χ1) is 12.1. The second-order valence-electron chi connectivity index (χ2n) is 6.03. The van der Waals surface area contributed by atoms with Gasteiger partial charge in [0.05, 0.1) is 21.4 Å². The Kier molecular flexibility index (Phi) is 3.92. The molecule has 1 aliphatic carbocycles. The van der Waals surface area contributed by atoms with Crippen LogP contribution in [0.5, 0.6) is 0 Å². The third-order valence-corrected chi connectivity index (χ3v) is 4.76. The first-order valence-electron chi connectivity index (χ1n) is 7.95. The Hall–Kier alpha value is -2.81. The van der Waals surface area contributed by atoms with E-state index in [1.54, 1.807) is 17.5 Å². The molecule has 3 aromatic rings. The molecule has 1 aromatic carbocycles. The maximum atomic E-state index is 12.2. The molecule has 0 radical (unpaired) electrons. The van der Waals surface area contributed by atoms with Crippen molar-refractivity contribution in [1.29, 1.82) is 0 Å². The number of anilines is 2. The molecule has 1 saturated carbocycles. The van der Waals surface area contributed by atoms with Crippen molar-refractivity contribution in [2.75, 3.05) is 10.6 Å². The zero-order valence-electron chi connectivity index (χ0n) is 13.5. The summed E-state index contributed by atoms with van der Waals surface area (Å²) in [5, 5.41) is 14.3. The molecule has 0 spiro atoms. The molecule has 25 heavy (non-hydrogen) atoms. The van der Waals surface area contributed by atoms with Gasteiger partial charge < -0.3 is 10.6 Å². The Morgan fingerprint density at radius 3 is 2.96 bits per heavy atom. The van der Waals surface area contributed by atoms with Gasteiger partial charge in [-0.2, -0.15) is 0 Å². The number of fused-ring (bicyclic) bond motifs is 1. The van der Waals surface area contributed by atoms with Crippen molar-refractivity contribution in [2.45, 2.75) is 26.3 Å². The summed E-state index contributed by atoms with van der Waals surface area (Å²) in [6.45, 7) is 1.97. The molecule has 2 heterocycles. The Morgan fingerprint density at radius 1 is 1.32 bits per heavy atom. The van der Waals surface area contributed by atoms with Crippen LogP contribution in [0.1, 0.15) is 17.8 Å². The van der Waals surface area contributed by atoms with Gasteiger partial charge in [0.2, 0.25) is 11.8 Å². The number of hydrogen-bond acceptors (Lipinski definition) is 6. The SMILES string of the molecule is Cc1nc2ccc(NC(=O)Cn3cc(NC(=O)C4CC4)nn3)cc2s1. The number of amides is 2. The van der Waals surface area contributed by atoms with Gasteiger partial charge in [-0.25, -0.2) is 9.67 Å². The molecule has 0 saturated heterocycles. The lowest BCUT2D eigenvalue weighted by Gasteiger charge is -2.04. The maximum absolute atomic E-state index is 12.2. The predicted octanol–water partition coefficient (Wildman–Crippen LogP) is 2.18. The third-order valence-electron chi connectivity index (χ3n) is 3.82. The molecule has 2 aromatic heterocycles. The van der Waals surface area contributed by atoms with Crippen molar-refractivity contribution in [1.82, 2.24) is 20.0 Å². The van der Waals surface area contributed by atoms with Gasteiger partial charge in [0.1, 0.15) is 6.54 Å². The van der Waals surface area contributed by atoms with Crippen molar-refractivity contribution in [3.8, 4) is 0 Å². The van der Waals surface area contributed by atoms with Crippen molar-refractivity contribution in [2.24, 2.45) is 5.92 Å². The highest BCUT2D eigenvalue weighted by Gasteiger charge is 2.30. The van der Waals surface area contributed by atoms with E-state index in [0.717, 1.165) is 28.1 Å². The van der Waals surface area contributed by atoms with Gasteiger partial charge in [0, 0.05) is 11.6 Å². The van der Waals surface area contributed by atoms with Gasteiger partial charge in [-0.15, -0.1) is 16.4 Å². The van der Waals surface area contributed by atoms with Gasteiger partial charge in [0.15, 0.2) is 5.82 Å². The second-order valence-corrected chi connectivity index (χ2v) is 7.26. The first-order valence-corrected chi connectivity index (χ1v) is 8.76. The number of carbonyl (C=O) groups excluding carboxylic acids is 2. The van der Waals surface area contributed by atoms with E-state index in [0.29, 0.717) is 11.5 Å². The third kappa shape index (κ3) is 3.66. The van der Waals surface area contributed by atoms with Crippen LogP contribution in [0.15, 0.2) is 24.4 Å². The quantitative estimate of drug-likeness (QED) is 0.729. The van der Waals surface area contributed by atoms with Crippen LogP contribution in [-0.4, -0.2) is 31.8 Å². The molecular formula is C16H16N6O2S. The number of nitrogens with zero attached hydrogens (tertiary/aromatic N) is 4. The number of benzene rings is 1. The summed E-state index contributed by atoms with van der Waals surface area (Å²) in [4.78, 5) is 28.3. The average molecular weight is 356 g/mol. The molecule has 0 unspecified atom stereocenters. The normalized spacial score (nSPS) is 13.8. The van der Waals surface area contributed by atoms with Crippen LogP contribution in [0, 0.1) is 12.8 Å². The van der Waals surface area contributed by atoms with Crippen molar-refractivity contribution < 1.29 is 9.59 Å². The molecule has 128 valence electrons. The van der Waals surface area contributed by atoms with Gasteiger partial charge in [0.25, 0.3) is 0 Å². The average Bonchev–Trinajstić information content (AvgIpc) is 3.23. The van der Waals surface area contributed by atoms with E-state index >= 15 is 0 Å². The lowest BCUT2D eigenvalue weighted by molar-refractivity contribution is -0.117. The number of thiazole rings is 1. The fraction of sp³-hybridized carbons (Fsp3) is 0.312. The van der Waals surface area contributed by atoms with Crippen LogP contribution >= 0.6 is 11.3 Å². The Morgan fingerprint density at radius 2 is 2.16 bits per heavy atom. The molecule has 8 nitrogen and oxygen atoms in total. The zero-order valence-corrected chi connectivity index (χ0v) is 14.3. The van der Waals surface area contributed by atoms with E-state index in [1.807, 2.05) is 25.1 Å². The van der Waals surface area contributed by atoms with E-state index in [2.05, 4.69) is 25.9 Å². The Labute approximate surface area is 147 Å². The molecule has 0 atom stereocenters. The maximum Gasteiger partial charge on any atom is 0.246 e. The minimum absolute atomic E-state index is 0.0199. The highest BCUT2D eigenvalue weighted by Crippen LogP contribution is 2.29. The van der Waals surface area contributed by atoms with E-state index in [9.17, 15) is 9.59 Å². The number of nitrogens with one attached hydrogen (secondary N) is 2. The highest BCUT2D eigenvalue weighted by molar-refractivity contribution is 7.18. The first kappa shape index (κ1) is 15.7.